The zero-order chi connectivity index (χ0) is 24.1. The lowest BCUT2D eigenvalue weighted by molar-refractivity contribution is -0.133. The quantitative estimate of drug-likeness (QED) is 0.491. The fourth-order valence-electron chi connectivity index (χ4n) is 5.02. The van der Waals surface area contributed by atoms with Crippen molar-refractivity contribution >= 4 is 22.8 Å². The number of benzene rings is 2. The molecule has 0 bridgehead atoms. The van der Waals surface area contributed by atoms with Crippen LogP contribution in [-0.2, 0) is 17.8 Å². The molecule has 2 amide bonds. The highest BCUT2D eigenvalue weighted by atomic mass is 16.2. The monoisotopic (exact) mass is 460 g/mol. The van der Waals surface area contributed by atoms with Gasteiger partial charge in [-0.2, -0.15) is 0 Å². The minimum absolute atomic E-state index is 0.0460. The number of imidazole rings is 1. The average molecular weight is 461 g/mol. The summed E-state index contributed by atoms with van der Waals surface area (Å²) in [6, 6.07) is 14.2. The van der Waals surface area contributed by atoms with Gasteiger partial charge >= 0.3 is 0 Å². The van der Waals surface area contributed by atoms with Crippen LogP contribution in [0.25, 0.3) is 11.0 Å². The van der Waals surface area contributed by atoms with Crippen LogP contribution in [0, 0.1) is 13.8 Å². The molecule has 1 aliphatic carbocycles. The number of hydrogen-bond acceptors (Lipinski definition) is 3. The van der Waals surface area contributed by atoms with Crippen molar-refractivity contribution in [3.05, 3.63) is 65.0 Å². The number of carbonyl (C=O) groups excluding carboxylic acids is 2. The molecular formula is C28H36N4O2. The molecule has 0 saturated heterocycles. The van der Waals surface area contributed by atoms with Crippen LogP contribution in [0.5, 0.6) is 0 Å². The number of carbonyl (C=O) groups is 2. The summed E-state index contributed by atoms with van der Waals surface area (Å²) in [7, 11) is 1.94. The zero-order valence-electron chi connectivity index (χ0n) is 20.6. The van der Waals surface area contributed by atoms with Gasteiger partial charge in [0.1, 0.15) is 12.4 Å². The van der Waals surface area contributed by atoms with Crippen molar-refractivity contribution in [1.29, 1.82) is 0 Å². The first kappa shape index (κ1) is 24.0. The SMILES string of the molecule is Cc1ccc(C(=O)NCCCc2nc3ccccc3n2CC(=O)N(C)C2CCCCC2)c(C)c1. The van der Waals surface area contributed by atoms with Crippen LogP contribution in [0.2, 0.25) is 0 Å². The van der Waals surface area contributed by atoms with Crippen LogP contribution in [-0.4, -0.2) is 45.9 Å². The van der Waals surface area contributed by atoms with Gasteiger partial charge in [0, 0.05) is 31.6 Å². The normalized spacial score (nSPS) is 14.3. The molecule has 1 fully saturated rings. The van der Waals surface area contributed by atoms with E-state index in [9.17, 15) is 9.59 Å². The van der Waals surface area contributed by atoms with Gasteiger partial charge < -0.3 is 14.8 Å². The molecule has 1 aliphatic rings. The summed E-state index contributed by atoms with van der Waals surface area (Å²) in [6.45, 7) is 4.85. The zero-order valence-corrected chi connectivity index (χ0v) is 20.6. The molecule has 1 heterocycles. The standard InChI is InChI=1S/C28H36N4O2/c1-20-15-16-23(21(2)18-20)28(34)29-17-9-14-26-30-24-12-7-8-13-25(24)32(26)19-27(33)31(3)22-10-5-4-6-11-22/h7-8,12-13,15-16,18,22H,4-6,9-11,14,17,19H2,1-3H3,(H,29,34). The molecule has 3 aromatic rings. The van der Waals surface area contributed by atoms with Gasteiger partial charge in [0.05, 0.1) is 11.0 Å². The van der Waals surface area contributed by atoms with Crippen molar-refractivity contribution in [1.82, 2.24) is 19.8 Å². The molecule has 180 valence electrons. The number of fused-ring (bicyclic) bond motifs is 1. The summed E-state index contributed by atoms with van der Waals surface area (Å²) in [6.07, 6.45) is 7.33. The predicted molar refractivity (Wildman–Crippen MR) is 136 cm³/mol. The first-order valence-electron chi connectivity index (χ1n) is 12.5. The molecule has 34 heavy (non-hydrogen) atoms. The van der Waals surface area contributed by atoms with Gasteiger partial charge in [-0.1, -0.05) is 49.1 Å². The lowest BCUT2D eigenvalue weighted by atomic mass is 9.94. The number of nitrogens with one attached hydrogen (secondary N) is 1. The molecule has 0 aliphatic heterocycles. The van der Waals surface area contributed by atoms with E-state index in [1.54, 1.807) is 0 Å². The Bertz CT molecular complexity index is 1160. The van der Waals surface area contributed by atoms with Crippen LogP contribution in [0.1, 0.15) is 65.8 Å². The van der Waals surface area contributed by atoms with Gasteiger partial charge in [-0.25, -0.2) is 4.98 Å². The molecule has 1 N–H and O–H groups in total. The van der Waals surface area contributed by atoms with E-state index in [-0.39, 0.29) is 11.8 Å². The Morgan fingerprint density at radius 2 is 1.85 bits per heavy atom. The van der Waals surface area contributed by atoms with Crippen LogP contribution in [0.15, 0.2) is 42.5 Å². The lowest BCUT2D eigenvalue weighted by Crippen LogP contribution is -2.40. The molecule has 0 radical (unpaired) electrons. The van der Waals surface area contributed by atoms with Crippen molar-refractivity contribution in [3.63, 3.8) is 0 Å². The second kappa shape index (κ2) is 10.9. The molecule has 0 atom stereocenters. The fraction of sp³-hybridized carbons (Fsp3) is 0.464. The summed E-state index contributed by atoms with van der Waals surface area (Å²) >= 11 is 0. The third-order valence-electron chi connectivity index (χ3n) is 7.03. The van der Waals surface area contributed by atoms with Crippen molar-refractivity contribution in [2.45, 2.75) is 71.4 Å². The molecule has 0 spiro atoms. The van der Waals surface area contributed by atoms with Crippen molar-refractivity contribution in [2.24, 2.45) is 0 Å². The minimum atomic E-state index is -0.0460. The molecule has 4 rings (SSSR count). The number of para-hydroxylation sites is 2. The Morgan fingerprint density at radius 3 is 2.62 bits per heavy atom. The van der Waals surface area contributed by atoms with E-state index in [1.165, 1.54) is 19.3 Å². The van der Waals surface area contributed by atoms with E-state index < -0.39 is 0 Å². The van der Waals surface area contributed by atoms with Gasteiger partial charge in [-0.15, -0.1) is 0 Å². The fourth-order valence-corrected chi connectivity index (χ4v) is 5.02. The number of amides is 2. The van der Waals surface area contributed by atoms with E-state index in [4.69, 9.17) is 4.98 Å². The third-order valence-corrected chi connectivity index (χ3v) is 7.03. The molecule has 1 aromatic heterocycles. The second-order valence-electron chi connectivity index (χ2n) is 9.58. The van der Waals surface area contributed by atoms with Crippen LogP contribution in [0.3, 0.4) is 0 Å². The summed E-state index contributed by atoms with van der Waals surface area (Å²) in [5.74, 6) is 0.988. The number of likely N-dealkylation sites (N-methyl/N-ethyl adjacent to an activating group) is 1. The number of aryl methyl sites for hydroxylation is 3. The molecule has 0 unspecified atom stereocenters. The highest BCUT2D eigenvalue weighted by Crippen LogP contribution is 2.23. The molecular weight excluding hydrogens is 424 g/mol. The lowest BCUT2D eigenvalue weighted by Gasteiger charge is -2.31. The van der Waals surface area contributed by atoms with Gasteiger partial charge in [0.25, 0.3) is 5.91 Å². The smallest absolute Gasteiger partial charge is 0.251 e. The Morgan fingerprint density at radius 1 is 1.09 bits per heavy atom. The topological polar surface area (TPSA) is 67.2 Å². The highest BCUT2D eigenvalue weighted by Gasteiger charge is 2.23. The number of aromatic nitrogens is 2. The number of rotatable bonds is 8. The molecule has 6 nitrogen and oxygen atoms in total. The second-order valence-corrected chi connectivity index (χ2v) is 9.58. The van der Waals surface area contributed by atoms with Gasteiger partial charge in [-0.05, 0) is 56.9 Å². The first-order chi connectivity index (χ1) is 16.4. The van der Waals surface area contributed by atoms with Crippen LogP contribution in [0.4, 0.5) is 0 Å². The van der Waals surface area contributed by atoms with E-state index in [0.29, 0.717) is 31.1 Å². The largest absolute Gasteiger partial charge is 0.352 e. The highest BCUT2D eigenvalue weighted by molar-refractivity contribution is 5.95. The van der Waals surface area contributed by atoms with Crippen molar-refractivity contribution < 1.29 is 9.59 Å². The van der Waals surface area contributed by atoms with Gasteiger partial charge in [0.15, 0.2) is 0 Å². The summed E-state index contributed by atoms with van der Waals surface area (Å²) in [5, 5.41) is 3.03. The van der Waals surface area contributed by atoms with E-state index in [1.807, 2.05) is 68.3 Å². The average Bonchev–Trinajstić information content (AvgIpc) is 3.18. The Kier molecular flexibility index (Phi) is 7.66. The maximum Gasteiger partial charge on any atom is 0.251 e. The predicted octanol–water partition coefficient (Wildman–Crippen LogP) is 4.81. The molecule has 1 saturated carbocycles. The summed E-state index contributed by atoms with van der Waals surface area (Å²) < 4.78 is 2.06. The number of nitrogens with zero attached hydrogens (tertiary/aromatic N) is 3. The van der Waals surface area contributed by atoms with E-state index in [2.05, 4.69) is 9.88 Å². The van der Waals surface area contributed by atoms with Crippen molar-refractivity contribution in [3.8, 4) is 0 Å². The van der Waals surface area contributed by atoms with Gasteiger partial charge in [-0.3, -0.25) is 9.59 Å². The van der Waals surface area contributed by atoms with Crippen LogP contribution >= 0.6 is 0 Å². The minimum Gasteiger partial charge on any atom is -0.352 e. The van der Waals surface area contributed by atoms with E-state index >= 15 is 0 Å². The molecule has 2 aromatic carbocycles. The Hall–Kier alpha value is -3.15. The first-order valence-corrected chi connectivity index (χ1v) is 12.5. The molecule has 6 heteroatoms. The summed E-state index contributed by atoms with van der Waals surface area (Å²) in [5.41, 5.74) is 4.75. The maximum atomic E-state index is 13.2. The summed E-state index contributed by atoms with van der Waals surface area (Å²) in [4.78, 5) is 32.5. The van der Waals surface area contributed by atoms with E-state index in [0.717, 1.165) is 47.2 Å². The van der Waals surface area contributed by atoms with Crippen LogP contribution < -0.4 is 5.32 Å². The third kappa shape index (κ3) is 5.49. The maximum absolute atomic E-state index is 13.2. The number of hydrogen-bond donors (Lipinski definition) is 1. The Labute approximate surface area is 202 Å². The van der Waals surface area contributed by atoms with Gasteiger partial charge in [0.2, 0.25) is 5.91 Å². The van der Waals surface area contributed by atoms with Crippen molar-refractivity contribution in [2.75, 3.05) is 13.6 Å². The Balaban J connectivity index is 1.40.